The second-order valence-electron chi connectivity index (χ2n) is 3.71. The lowest BCUT2D eigenvalue weighted by molar-refractivity contribution is 0.796. The molecule has 10 heteroatoms. The predicted octanol–water partition coefficient (Wildman–Crippen LogP) is -0.563. The van der Waals surface area contributed by atoms with Crippen LogP contribution in [0.5, 0.6) is 0 Å². The van der Waals surface area contributed by atoms with Crippen molar-refractivity contribution in [2.24, 2.45) is 0 Å². The van der Waals surface area contributed by atoms with Crippen molar-refractivity contribution in [1.82, 2.24) is 39.7 Å². The zero-order valence-corrected chi connectivity index (χ0v) is 10.2. The predicted molar refractivity (Wildman–Crippen MR) is 68.5 cm³/mol. The summed E-state index contributed by atoms with van der Waals surface area (Å²) in [5.74, 6) is 0.720. The van der Waals surface area contributed by atoms with Crippen molar-refractivity contribution in [3.8, 4) is 5.95 Å². The molecule has 3 rings (SSSR count). The summed E-state index contributed by atoms with van der Waals surface area (Å²) in [4.78, 5) is 23.9. The van der Waals surface area contributed by atoms with Crippen molar-refractivity contribution >= 4 is 11.9 Å². The number of anilines is 2. The van der Waals surface area contributed by atoms with Gasteiger partial charge in [-0.1, -0.05) is 0 Å². The van der Waals surface area contributed by atoms with Crippen LogP contribution >= 0.6 is 0 Å². The molecule has 0 unspecified atom stereocenters. The Hall–Kier alpha value is -3.17. The standard InChI is InChI=1S/C10H10N10/c11-8-17-9(14-3-7-1-2-12-4-15-7)19-10(18-8)20-6-13-5-16-20/h1-2,4-6H,3H2,(H3,11,14,17,18,19). The van der Waals surface area contributed by atoms with Crippen molar-refractivity contribution in [3.63, 3.8) is 0 Å². The van der Waals surface area contributed by atoms with E-state index in [0.29, 0.717) is 18.4 Å². The Morgan fingerprint density at radius 2 is 2.10 bits per heavy atom. The largest absolute Gasteiger partial charge is 0.368 e. The molecule has 0 amide bonds. The molecule has 0 aliphatic heterocycles. The molecule has 0 aliphatic carbocycles. The number of hydrogen-bond acceptors (Lipinski definition) is 9. The molecule has 0 radical (unpaired) electrons. The highest BCUT2D eigenvalue weighted by Gasteiger charge is 2.06. The maximum atomic E-state index is 5.65. The highest BCUT2D eigenvalue weighted by Crippen LogP contribution is 2.06. The van der Waals surface area contributed by atoms with Crippen molar-refractivity contribution in [2.75, 3.05) is 11.1 Å². The average molecular weight is 270 g/mol. The van der Waals surface area contributed by atoms with Crippen LogP contribution in [-0.4, -0.2) is 39.7 Å². The molecule has 0 spiro atoms. The molecule has 3 heterocycles. The Balaban J connectivity index is 1.80. The van der Waals surface area contributed by atoms with Crippen molar-refractivity contribution in [1.29, 1.82) is 0 Å². The summed E-state index contributed by atoms with van der Waals surface area (Å²) in [7, 11) is 0. The highest BCUT2D eigenvalue weighted by molar-refractivity contribution is 5.34. The van der Waals surface area contributed by atoms with Crippen molar-refractivity contribution in [2.45, 2.75) is 6.54 Å². The number of nitrogens with zero attached hydrogens (tertiary/aromatic N) is 8. The van der Waals surface area contributed by atoms with Gasteiger partial charge in [0.05, 0.1) is 12.2 Å². The van der Waals surface area contributed by atoms with Gasteiger partial charge in [0, 0.05) is 6.20 Å². The molecule has 3 aromatic heterocycles. The first-order valence-corrected chi connectivity index (χ1v) is 5.66. The molecule has 0 aromatic carbocycles. The first-order chi connectivity index (χ1) is 9.81. The van der Waals surface area contributed by atoms with E-state index in [-0.39, 0.29) is 5.95 Å². The molecule has 0 saturated carbocycles. The van der Waals surface area contributed by atoms with Gasteiger partial charge in [-0.05, 0) is 6.07 Å². The second kappa shape index (κ2) is 5.22. The Morgan fingerprint density at radius 3 is 2.85 bits per heavy atom. The Bertz CT molecular complexity index is 681. The summed E-state index contributed by atoms with van der Waals surface area (Å²) in [6.07, 6.45) is 5.99. The van der Waals surface area contributed by atoms with Gasteiger partial charge >= 0.3 is 0 Å². The van der Waals surface area contributed by atoms with Gasteiger partial charge in [-0.2, -0.15) is 24.7 Å². The average Bonchev–Trinajstić information content (AvgIpc) is 3.00. The molecular formula is C10H10N10. The lowest BCUT2D eigenvalue weighted by Crippen LogP contribution is -2.11. The van der Waals surface area contributed by atoms with Gasteiger partial charge in [-0.25, -0.2) is 15.0 Å². The summed E-state index contributed by atoms with van der Waals surface area (Å²) < 4.78 is 1.40. The number of aromatic nitrogens is 8. The fourth-order valence-corrected chi connectivity index (χ4v) is 1.47. The van der Waals surface area contributed by atoms with E-state index < -0.39 is 0 Å². The number of nitrogens with one attached hydrogen (secondary N) is 1. The smallest absolute Gasteiger partial charge is 0.258 e. The number of rotatable bonds is 4. The summed E-state index contributed by atoms with van der Waals surface area (Å²) in [5, 5.41) is 6.95. The Labute approximate surface area is 113 Å². The molecule has 0 bridgehead atoms. The third kappa shape index (κ3) is 2.63. The minimum Gasteiger partial charge on any atom is -0.368 e. The van der Waals surface area contributed by atoms with E-state index in [1.54, 1.807) is 12.3 Å². The van der Waals surface area contributed by atoms with Gasteiger partial charge in [0.25, 0.3) is 5.95 Å². The monoisotopic (exact) mass is 270 g/mol. The maximum absolute atomic E-state index is 5.65. The van der Waals surface area contributed by atoms with E-state index in [0.717, 1.165) is 5.69 Å². The topological polar surface area (TPSA) is 133 Å². The molecular weight excluding hydrogens is 260 g/mol. The number of nitrogens with two attached hydrogens (primary N) is 1. The summed E-state index contributed by atoms with van der Waals surface area (Å²) in [5.41, 5.74) is 6.45. The Morgan fingerprint density at radius 1 is 1.15 bits per heavy atom. The van der Waals surface area contributed by atoms with E-state index >= 15 is 0 Å². The van der Waals surface area contributed by atoms with Crippen molar-refractivity contribution < 1.29 is 0 Å². The number of nitrogen functional groups attached to an aromatic ring is 1. The third-order valence-corrected chi connectivity index (χ3v) is 2.34. The lowest BCUT2D eigenvalue weighted by atomic mass is 10.4. The molecule has 3 N–H and O–H groups in total. The van der Waals surface area contributed by atoms with E-state index in [9.17, 15) is 0 Å². The van der Waals surface area contributed by atoms with Gasteiger partial charge < -0.3 is 11.1 Å². The minimum atomic E-state index is 0.0932. The van der Waals surface area contributed by atoms with Crippen molar-refractivity contribution in [3.05, 3.63) is 36.9 Å². The highest BCUT2D eigenvalue weighted by atomic mass is 15.4. The molecule has 0 atom stereocenters. The maximum Gasteiger partial charge on any atom is 0.258 e. The van der Waals surface area contributed by atoms with Crippen LogP contribution in [0.1, 0.15) is 5.69 Å². The fourth-order valence-electron chi connectivity index (χ4n) is 1.47. The van der Waals surface area contributed by atoms with Crippen LogP contribution in [0.3, 0.4) is 0 Å². The molecule has 20 heavy (non-hydrogen) atoms. The van der Waals surface area contributed by atoms with E-state index in [1.807, 2.05) is 0 Å². The van der Waals surface area contributed by atoms with E-state index in [4.69, 9.17) is 5.73 Å². The van der Waals surface area contributed by atoms with Gasteiger partial charge in [0.1, 0.15) is 19.0 Å². The van der Waals surface area contributed by atoms with E-state index in [2.05, 4.69) is 40.3 Å². The molecule has 10 nitrogen and oxygen atoms in total. The summed E-state index contributed by atoms with van der Waals surface area (Å²) in [6, 6.07) is 1.79. The van der Waals surface area contributed by atoms with Crippen LogP contribution in [0.4, 0.5) is 11.9 Å². The lowest BCUT2D eigenvalue weighted by Gasteiger charge is -2.06. The third-order valence-electron chi connectivity index (χ3n) is 2.34. The van der Waals surface area contributed by atoms with Gasteiger partial charge in [-0.15, -0.1) is 0 Å². The normalized spacial score (nSPS) is 10.4. The first-order valence-electron chi connectivity index (χ1n) is 5.66. The molecule has 0 saturated heterocycles. The SMILES string of the molecule is Nc1nc(NCc2ccncn2)nc(-n2cncn2)n1. The number of hydrogen-bond donors (Lipinski definition) is 2. The Kier molecular flexibility index (Phi) is 3.10. The first kappa shape index (κ1) is 11.9. The summed E-state index contributed by atoms with van der Waals surface area (Å²) in [6.45, 7) is 0.447. The second-order valence-corrected chi connectivity index (χ2v) is 3.71. The minimum absolute atomic E-state index is 0.0932. The van der Waals surface area contributed by atoms with Crippen LogP contribution in [0.2, 0.25) is 0 Å². The van der Waals surface area contributed by atoms with Crippen LogP contribution in [0.25, 0.3) is 5.95 Å². The van der Waals surface area contributed by atoms with Gasteiger partial charge in [0.2, 0.25) is 11.9 Å². The van der Waals surface area contributed by atoms with Crippen LogP contribution in [0.15, 0.2) is 31.2 Å². The molecule has 3 aromatic rings. The summed E-state index contributed by atoms with van der Waals surface area (Å²) >= 11 is 0. The zero-order chi connectivity index (χ0) is 13.8. The molecule has 0 aliphatic rings. The quantitative estimate of drug-likeness (QED) is 0.639. The zero-order valence-electron chi connectivity index (χ0n) is 10.2. The van der Waals surface area contributed by atoms with Gasteiger partial charge in [-0.3, -0.25) is 0 Å². The van der Waals surface area contributed by atoms with Crippen LogP contribution in [0, 0.1) is 0 Å². The van der Waals surface area contributed by atoms with E-state index in [1.165, 1.54) is 23.7 Å². The molecule has 0 fully saturated rings. The van der Waals surface area contributed by atoms with Gasteiger partial charge in [0.15, 0.2) is 0 Å². The van der Waals surface area contributed by atoms with Crippen LogP contribution < -0.4 is 11.1 Å². The molecule has 100 valence electrons. The fraction of sp³-hybridized carbons (Fsp3) is 0.100. The van der Waals surface area contributed by atoms with Crippen LogP contribution in [-0.2, 0) is 6.54 Å².